The van der Waals surface area contributed by atoms with Gasteiger partial charge in [0, 0.05) is 12.2 Å². The summed E-state index contributed by atoms with van der Waals surface area (Å²) < 4.78 is 77.3. The Balaban J connectivity index is 4.15. The van der Waals surface area contributed by atoms with Crippen LogP contribution in [0.1, 0.15) is 0 Å². The number of alkyl halides is 6. The average Bonchev–Trinajstić information content (AvgIpc) is 2.25. The molecule has 2 atom stereocenters. The lowest BCUT2D eigenvalue weighted by Crippen LogP contribution is -2.21. The lowest BCUT2D eigenvalue weighted by Gasteiger charge is -2.07. The van der Waals surface area contributed by atoms with Gasteiger partial charge in [0.1, 0.15) is 0 Å². The van der Waals surface area contributed by atoms with Crippen LogP contribution >= 0.6 is 0 Å². The molecule has 0 aromatic heterocycles. The number of carbonyl (C=O) groups excluding carboxylic acids is 2. The first-order chi connectivity index (χ1) is 8.23. The third-order valence-corrected chi connectivity index (χ3v) is 1.21. The first kappa shape index (κ1) is 16.3. The molecule has 18 heavy (non-hydrogen) atoms. The number of halogens is 6. The second-order valence-electron chi connectivity index (χ2n) is 2.58. The van der Waals surface area contributed by atoms with Crippen LogP contribution in [0.25, 0.3) is 0 Å². The van der Waals surface area contributed by atoms with Crippen molar-refractivity contribution in [1.82, 2.24) is 0 Å². The van der Waals surface area contributed by atoms with Gasteiger partial charge >= 0.3 is 37.5 Å². The highest BCUT2D eigenvalue weighted by Crippen LogP contribution is 2.08. The van der Waals surface area contributed by atoms with Gasteiger partial charge in [0.2, 0.25) is 0 Å². The predicted octanol–water partition coefficient (Wildman–Crippen LogP) is 1.75. The molecule has 0 saturated carbocycles. The Morgan fingerprint density at radius 3 is 1.22 bits per heavy atom. The van der Waals surface area contributed by atoms with Crippen LogP contribution in [0.4, 0.5) is 26.3 Å². The fraction of sp³-hybridized carbons (Fsp3) is 0.500. The van der Waals surface area contributed by atoms with Crippen LogP contribution in [0, 0.1) is 0 Å². The molecule has 0 spiro atoms. The van der Waals surface area contributed by atoms with E-state index in [2.05, 4.69) is 9.47 Å². The monoisotopic (exact) mass is 280 g/mol. The number of carbonyl (C=O) groups is 2. The van der Waals surface area contributed by atoms with E-state index in [1.807, 2.05) is 0 Å². The number of hydrogen-bond acceptors (Lipinski definition) is 4. The molecule has 104 valence electrons. The molecule has 0 radical (unpaired) electrons. The minimum absolute atomic E-state index is 0.121. The summed E-state index contributed by atoms with van der Waals surface area (Å²) >= 11 is 0. The summed E-state index contributed by atoms with van der Waals surface area (Å²) in [6.07, 6.45) is -13.3. The van der Waals surface area contributed by atoms with E-state index in [1.54, 1.807) is 0 Å². The molecule has 4 nitrogen and oxygen atoms in total. The Kier molecular flexibility index (Phi) is 6.83. The molecule has 2 unspecified atom stereocenters. The smallest absolute Gasteiger partial charge is 0.333 e. The Labute approximate surface area is 96.1 Å². The van der Waals surface area contributed by atoms with Crippen molar-refractivity contribution in [2.24, 2.45) is 0 Å². The van der Waals surface area contributed by atoms with Gasteiger partial charge in [-0.3, -0.25) is 0 Å². The van der Waals surface area contributed by atoms with Gasteiger partial charge in [-0.05, 0) is 0 Å². The molecule has 0 heterocycles. The second kappa shape index (κ2) is 7.56. The highest BCUT2D eigenvalue weighted by atomic mass is 19.3. The molecule has 0 saturated heterocycles. The van der Waals surface area contributed by atoms with Gasteiger partial charge in [0.05, 0.1) is 0 Å². The van der Waals surface area contributed by atoms with Gasteiger partial charge in [0.15, 0.2) is 0 Å². The number of esters is 2. The van der Waals surface area contributed by atoms with Crippen molar-refractivity contribution in [3.63, 3.8) is 0 Å². The number of rotatable bonds is 6. The Morgan fingerprint density at radius 2 is 1.00 bits per heavy atom. The summed E-state index contributed by atoms with van der Waals surface area (Å²) in [6, 6.07) is 0. The highest BCUT2D eigenvalue weighted by molar-refractivity contribution is 5.91. The SMILES string of the molecule is O=C(/C=C/C(=O)OC(F)C(F)F)OC(F)C(F)F. The summed E-state index contributed by atoms with van der Waals surface area (Å²) in [5.74, 6) is -3.38. The first-order valence-electron chi connectivity index (χ1n) is 4.17. The molecule has 0 rings (SSSR count). The summed E-state index contributed by atoms with van der Waals surface area (Å²) in [7, 11) is 0. The van der Waals surface area contributed by atoms with Gasteiger partial charge in [0.25, 0.3) is 0 Å². The fourth-order valence-electron chi connectivity index (χ4n) is 0.539. The van der Waals surface area contributed by atoms with Crippen LogP contribution < -0.4 is 0 Å². The van der Waals surface area contributed by atoms with E-state index in [0.29, 0.717) is 0 Å². The normalized spacial score (nSPS) is 14.9. The van der Waals surface area contributed by atoms with Crippen LogP contribution in [0.15, 0.2) is 12.2 Å². The second-order valence-corrected chi connectivity index (χ2v) is 2.58. The fourth-order valence-corrected chi connectivity index (χ4v) is 0.539. The van der Waals surface area contributed by atoms with Crippen LogP contribution in [-0.4, -0.2) is 37.5 Å². The van der Waals surface area contributed by atoms with Gasteiger partial charge in [-0.2, -0.15) is 8.78 Å². The molecule has 0 aliphatic rings. The topological polar surface area (TPSA) is 52.6 Å². The molecule has 0 aromatic rings. The van der Waals surface area contributed by atoms with E-state index in [0.717, 1.165) is 0 Å². The van der Waals surface area contributed by atoms with E-state index < -0.39 is 37.5 Å². The van der Waals surface area contributed by atoms with Crippen LogP contribution in [0.3, 0.4) is 0 Å². The Morgan fingerprint density at radius 1 is 0.722 bits per heavy atom. The minimum Gasteiger partial charge on any atom is -0.422 e. The Hall–Kier alpha value is -1.74. The van der Waals surface area contributed by atoms with Crippen LogP contribution in [0.2, 0.25) is 0 Å². The third kappa shape index (κ3) is 6.76. The molecular weight excluding hydrogens is 274 g/mol. The molecule has 0 fully saturated rings. The molecule has 0 amide bonds. The zero-order valence-electron chi connectivity index (χ0n) is 8.36. The van der Waals surface area contributed by atoms with Crippen molar-refractivity contribution in [2.75, 3.05) is 0 Å². The van der Waals surface area contributed by atoms with E-state index in [4.69, 9.17) is 0 Å². The zero-order valence-corrected chi connectivity index (χ0v) is 8.36. The van der Waals surface area contributed by atoms with E-state index in [9.17, 15) is 35.9 Å². The molecule has 0 aromatic carbocycles. The van der Waals surface area contributed by atoms with Crippen molar-refractivity contribution in [3.05, 3.63) is 12.2 Å². The standard InChI is InChI=1S/C8H6F6O4/c9-5(10)7(13)17-3(15)1-2-4(16)18-8(14)6(11)12/h1-2,5-8H/b2-1+. The highest BCUT2D eigenvalue weighted by Gasteiger charge is 2.24. The summed E-state index contributed by atoms with van der Waals surface area (Å²) in [4.78, 5) is 21.1. The van der Waals surface area contributed by atoms with Gasteiger partial charge in [-0.1, -0.05) is 0 Å². The van der Waals surface area contributed by atoms with Gasteiger partial charge < -0.3 is 9.47 Å². The van der Waals surface area contributed by atoms with Crippen LogP contribution in [0.5, 0.6) is 0 Å². The Bertz CT molecular complexity index is 289. The predicted molar refractivity (Wildman–Crippen MR) is 43.1 cm³/mol. The van der Waals surface area contributed by atoms with Gasteiger partial charge in [-0.15, -0.1) is 0 Å². The van der Waals surface area contributed by atoms with Crippen molar-refractivity contribution in [1.29, 1.82) is 0 Å². The van der Waals surface area contributed by atoms with E-state index in [1.165, 1.54) is 0 Å². The van der Waals surface area contributed by atoms with E-state index in [-0.39, 0.29) is 12.2 Å². The third-order valence-electron chi connectivity index (χ3n) is 1.21. The molecular formula is C8H6F6O4. The van der Waals surface area contributed by atoms with Crippen molar-refractivity contribution in [3.8, 4) is 0 Å². The number of hydrogen-bond donors (Lipinski definition) is 0. The number of ether oxygens (including phenoxy) is 2. The lowest BCUT2D eigenvalue weighted by atomic mass is 10.5. The molecule has 0 N–H and O–H groups in total. The minimum atomic E-state index is -3.58. The largest absolute Gasteiger partial charge is 0.422 e. The average molecular weight is 280 g/mol. The molecule has 0 bridgehead atoms. The lowest BCUT2D eigenvalue weighted by molar-refractivity contribution is -0.170. The maximum atomic E-state index is 12.1. The summed E-state index contributed by atoms with van der Waals surface area (Å²) in [5, 5.41) is 0. The van der Waals surface area contributed by atoms with Crippen molar-refractivity contribution < 1.29 is 45.4 Å². The zero-order chi connectivity index (χ0) is 14.3. The maximum absolute atomic E-state index is 12.1. The first-order valence-corrected chi connectivity index (χ1v) is 4.17. The molecule has 0 aliphatic carbocycles. The van der Waals surface area contributed by atoms with Crippen molar-refractivity contribution >= 4 is 11.9 Å². The van der Waals surface area contributed by atoms with Crippen LogP contribution in [-0.2, 0) is 19.1 Å². The quantitative estimate of drug-likeness (QED) is 0.422. The van der Waals surface area contributed by atoms with E-state index >= 15 is 0 Å². The summed E-state index contributed by atoms with van der Waals surface area (Å²) in [6.45, 7) is 0. The van der Waals surface area contributed by atoms with Gasteiger partial charge in [-0.25, -0.2) is 27.2 Å². The molecule has 10 heteroatoms. The maximum Gasteiger partial charge on any atom is 0.333 e. The summed E-state index contributed by atoms with van der Waals surface area (Å²) in [5.41, 5.74) is 0. The molecule has 0 aliphatic heterocycles. The van der Waals surface area contributed by atoms with Crippen molar-refractivity contribution in [2.45, 2.75) is 25.6 Å².